The maximum atomic E-state index is 12.0. The summed E-state index contributed by atoms with van der Waals surface area (Å²) in [5.74, 6) is -0.211. The molecule has 0 spiro atoms. The minimum Gasteiger partial charge on any atom is -0.360 e. The molecule has 0 aliphatic heterocycles. The predicted octanol–water partition coefficient (Wildman–Crippen LogP) is 1.66. The Morgan fingerprint density at radius 2 is 1.95 bits per heavy atom. The number of hydrogen-bond donors (Lipinski definition) is 2. The standard InChI is InChI=1S/C15H24N4O3/c1-4-15(16,5-2)11-17-14(20)10-18(3)12-8-6-7-9-13(12)19(21)22/h6-9H,4-5,10-11,16H2,1-3H3,(H,17,20). The van der Waals surface area contributed by atoms with Gasteiger partial charge in [0, 0.05) is 25.2 Å². The lowest BCUT2D eigenvalue weighted by atomic mass is 9.94. The van der Waals surface area contributed by atoms with Gasteiger partial charge in [-0.2, -0.15) is 0 Å². The number of rotatable bonds is 8. The summed E-state index contributed by atoms with van der Waals surface area (Å²) in [5, 5.41) is 13.8. The molecule has 7 heteroatoms. The summed E-state index contributed by atoms with van der Waals surface area (Å²) in [5.41, 5.74) is 6.11. The largest absolute Gasteiger partial charge is 0.360 e. The van der Waals surface area contributed by atoms with Crippen molar-refractivity contribution < 1.29 is 9.72 Å². The van der Waals surface area contributed by atoms with Crippen LogP contribution in [0.15, 0.2) is 24.3 Å². The Balaban J connectivity index is 2.67. The summed E-state index contributed by atoms with van der Waals surface area (Å²) in [7, 11) is 1.65. The van der Waals surface area contributed by atoms with Crippen LogP contribution >= 0.6 is 0 Å². The van der Waals surface area contributed by atoms with Crippen molar-refractivity contribution in [2.75, 3.05) is 25.0 Å². The lowest BCUT2D eigenvalue weighted by molar-refractivity contribution is -0.384. The topological polar surface area (TPSA) is 102 Å². The predicted molar refractivity (Wildman–Crippen MR) is 86.9 cm³/mol. The molecule has 22 heavy (non-hydrogen) atoms. The van der Waals surface area contributed by atoms with E-state index in [4.69, 9.17) is 5.73 Å². The highest BCUT2D eigenvalue weighted by Crippen LogP contribution is 2.26. The number of likely N-dealkylation sites (N-methyl/N-ethyl adjacent to an activating group) is 1. The molecule has 1 aromatic rings. The molecular weight excluding hydrogens is 284 g/mol. The van der Waals surface area contributed by atoms with E-state index >= 15 is 0 Å². The van der Waals surface area contributed by atoms with Crippen molar-refractivity contribution in [2.45, 2.75) is 32.2 Å². The summed E-state index contributed by atoms with van der Waals surface area (Å²) >= 11 is 0. The number of carbonyl (C=O) groups excluding carboxylic acids is 1. The van der Waals surface area contributed by atoms with Crippen LogP contribution < -0.4 is 16.0 Å². The third-order valence-corrected chi connectivity index (χ3v) is 3.92. The van der Waals surface area contributed by atoms with Crippen LogP contribution in [-0.2, 0) is 4.79 Å². The van der Waals surface area contributed by atoms with Crippen LogP contribution in [0.25, 0.3) is 0 Å². The van der Waals surface area contributed by atoms with E-state index < -0.39 is 10.5 Å². The minimum absolute atomic E-state index is 0.0203. The summed E-state index contributed by atoms with van der Waals surface area (Å²) in [6, 6.07) is 6.34. The van der Waals surface area contributed by atoms with Gasteiger partial charge in [0.1, 0.15) is 5.69 Å². The molecule has 0 aliphatic carbocycles. The number of hydrogen-bond acceptors (Lipinski definition) is 5. The molecule has 0 saturated heterocycles. The van der Waals surface area contributed by atoms with E-state index in [9.17, 15) is 14.9 Å². The molecule has 122 valence electrons. The Labute approximate surface area is 130 Å². The van der Waals surface area contributed by atoms with Gasteiger partial charge in [0.05, 0.1) is 11.5 Å². The van der Waals surface area contributed by atoms with Crippen LogP contribution in [-0.4, -0.2) is 36.5 Å². The van der Waals surface area contributed by atoms with Crippen LogP contribution in [0.5, 0.6) is 0 Å². The normalized spacial score (nSPS) is 11.1. The first-order chi connectivity index (χ1) is 10.3. The van der Waals surface area contributed by atoms with Gasteiger partial charge in [-0.15, -0.1) is 0 Å². The van der Waals surface area contributed by atoms with Crippen molar-refractivity contribution in [2.24, 2.45) is 5.73 Å². The number of carbonyl (C=O) groups is 1. The van der Waals surface area contributed by atoms with Crippen LogP contribution in [0.2, 0.25) is 0 Å². The van der Waals surface area contributed by atoms with Gasteiger partial charge >= 0.3 is 0 Å². The van der Waals surface area contributed by atoms with Gasteiger partial charge in [-0.3, -0.25) is 14.9 Å². The number of anilines is 1. The third-order valence-electron chi connectivity index (χ3n) is 3.92. The molecule has 3 N–H and O–H groups in total. The van der Waals surface area contributed by atoms with E-state index in [1.54, 1.807) is 30.1 Å². The number of nitro groups is 1. The Morgan fingerprint density at radius 3 is 2.50 bits per heavy atom. The molecule has 7 nitrogen and oxygen atoms in total. The Bertz CT molecular complexity index is 529. The van der Waals surface area contributed by atoms with E-state index in [0.29, 0.717) is 12.2 Å². The fourth-order valence-corrected chi connectivity index (χ4v) is 2.07. The molecule has 0 unspecified atom stereocenters. The van der Waals surface area contributed by atoms with Crippen molar-refractivity contribution in [3.63, 3.8) is 0 Å². The van der Waals surface area contributed by atoms with Crippen LogP contribution in [0, 0.1) is 10.1 Å². The quantitative estimate of drug-likeness (QED) is 0.562. The molecule has 0 aliphatic rings. The van der Waals surface area contributed by atoms with Crippen molar-refractivity contribution >= 4 is 17.3 Å². The zero-order chi connectivity index (χ0) is 16.8. The van der Waals surface area contributed by atoms with Crippen molar-refractivity contribution in [3.05, 3.63) is 34.4 Å². The maximum absolute atomic E-state index is 12.0. The minimum atomic E-state index is -0.456. The summed E-state index contributed by atoms with van der Waals surface area (Å²) in [6.45, 7) is 4.39. The second kappa shape index (κ2) is 7.74. The van der Waals surface area contributed by atoms with Gasteiger partial charge < -0.3 is 16.0 Å². The van der Waals surface area contributed by atoms with E-state index in [0.717, 1.165) is 12.8 Å². The molecule has 1 rings (SSSR count). The Morgan fingerprint density at radius 1 is 1.36 bits per heavy atom. The summed E-state index contributed by atoms with van der Waals surface area (Å²) in [4.78, 5) is 24.1. The molecule has 0 fully saturated rings. The second-order valence-corrected chi connectivity index (χ2v) is 5.45. The average Bonchev–Trinajstić information content (AvgIpc) is 2.52. The molecular formula is C15H24N4O3. The lowest BCUT2D eigenvalue weighted by Crippen LogP contribution is -2.50. The fourth-order valence-electron chi connectivity index (χ4n) is 2.07. The van der Waals surface area contributed by atoms with Gasteiger partial charge in [0.2, 0.25) is 5.91 Å². The number of benzene rings is 1. The SMILES string of the molecule is CCC(N)(CC)CNC(=O)CN(C)c1ccccc1[N+](=O)[O-]. The van der Waals surface area contributed by atoms with Crippen LogP contribution in [0.4, 0.5) is 11.4 Å². The van der Waals surface area contributed by atoms with Gasteiger partial charge in [-0.1, -0.05) is 26.0 Å². The van der Waals surface area contributed by atoms with Crippen molar-refractivity contribution in [1.82, 2.24) is 5.32 Å². The van der Waals surface area contributed by atoms with Crippen molar-refractivity contribution in [3.8, 4) is 0 Å². The Hall–Kier alpha value is -2.15. The first-order valence-electron chi connectivity index (χ1n) is 7.33. The molecule has 1 amide bonds. The molecule has 0 heterocycles. The highest BCUT2D eigenvalue weighted by atomic mass is 16.6. The zero-order valence-corrected chi connectivity index (χ0v) is 13.3. The van der Waals surface area contributed by atoms with E-state index in [2.05, 4.69) is 5.32 Å². The number of nitrogens with one attached hydrogen (secondary N) is 1. The zero-order valence-electron chi connectivity index (χ0n) is 13.3. The highest BCUT2D eigenvalue weighted by molar-refractivity contribution is 5.82. The fraction of sp³-hybridized carbons (Fsp3) is 0.533. The molecule has 0 aromatic heterocycles. The molecule has 0 atom stereocenters. The average molecular weight is 308 g/mol. The number of nitrogens with two attached hydrogens (primary N) is 1. The van der Waals surface area contributed by atoms with Gasteiger partial charge in [-0.05, 0) is 18.9 Å². The molecule has 0 radical (unpaired) electrons. The van der Waals surface area contributed by atoms with Crippen LogP contribution in [0.3, 0.4) is 0 Å². The first kappa shape index (κ1) is 17.9. The summed E-state index contributed by atoms with van der Waals surface area (Å²) < 4.78 is 0. The number of amides is 1. The van der Waals surface area contributed by atoms with Gasteiger partial charge in [-0.25, -0.2) is 0 Å². The first-order valence-corrected chi connectivity index (χ1v) is 7.33. The smallest absolute Gasteiger partial charge is 0.292 e. The van der Waals surface area contributed by atoms with E-state index in [-0.39, 0.29) is 18.1 Å². The molecule has 0 bridgehead atoms. The molecule has 0 saturated carbocycles. The van der Waals surface area contributed by atoms with E-state index in [1.165, 1.54) is 6.07 Å². The van der Waals surface area contributed by atoms with Gasteiger partial charge in [0.25, 0.3) is 5.69 Å². The second-order valence-electron chi connectivity index (χ2n) is 5.45. The number of nitrogens with zero attached hydrogens (tertiary/aromatic N) is 2. The summed E-state index contributed by atoms with van der Waals surface area (Å²) in [6.07, 6.45) is 1.54. The lowest BCUT2D eigenvalue weighted by Gasteiger charge is -2.27. The van der Waals surface area contributed by atoms with E-state index in [1.807, 2.05) is 13.8 Å². The number of nitro benzene ring substituents is 1. The molecule has 1 aromatic carbocycles. The third kappa shape index (κ3) is 4.70. The highest BCUT2D eigenvalue weighted by Gasteiger charge is 2.22. The maximum Gasteiger partial charge on any atom is 0.292 e. The van der Waals surface area contributed by atoms with Gasteiger partial charge in [0.15, 0.2) is 0 Å². The monoisotopic (exact) mass is 308 g/mol. The van der Waals surface area contributed by atoms with Crippen LogP contribution in [0.1, 0.15) is 26.7 Å². The number of para-hydroxylation sites is 2. The van der Waals surface area contributed by atoms with Crippen molar-refractivity contribution in [1.29, 1.82) is 0 Å². The Kier molecular flexibility index (Phi) is 6.30.